The van der Waals surface area contributed by atoms with Crippen LogP contribution in [0.25, 0.3) is 21.7 Å². The van der Waals surface area contributed by atoms with Gasteiger partial charge >= 0.3 is 0 Å². The topological polar surface area (TPSA) is 77.6 Å². The van der Waals surface area contributed by atoms with Crippen molar-refractivity contribution in [2.24, 2.45) is 0 Å². The van der Waals surface area contributed by atoms with E-state index in [1.807, 2.05) is 12.1 Å². The molecule has 4 heterocycles. The molecule has 0 unspecified atom stereocenters. The Morgan fingerprint density at radius 2 is 2.09 bits per heavy atom. The maximum absolute atomic E-state index is 5.71. The van der Waals surface area contributed by atoms with E-state index in [9.17, 15) is 0 Å². The quantitative estimate of drug-likeness (QED) is 0.523. The molecule has 0 aliphatic heterocycles. The molecule has 8 heteroatoms. The van der Waals surface area contributed by atoms with Crippen molar-refractivity contribution in [3.8, 4) is 11.5 Å². The Labute approximate surface area is 140 Å². The summed E-state index contributed by atoms with van der Waals surface area (Å²) in [5.41, 5.74) is 1.99. The molecule has 0 atom stereocenters. The van der Waals surface area contributed by atoms with Gasteiger partial charge in [0, 0.05) is 22.7 Å². The summed E-state index contributed by atoms with van der Waals surface area (Å²) >= 11 is 3.02. The zero-order valence-electron chi connectivity index (χ0n) is 12.3. The summed E-state index contributed by atoms with van der Waals surface area (Å²) in [4.78, 5) is 15.0. The molecular formula is C15H11N5OS2. The third kappa shape index (κ3) is 2.60. The normalized spacial score (nSPS) is 11.2. The van der Waals surface area contributed by atoms with Crippen LogP contribution in [0.3, 0.4) is 0 Å². The van der Waals surface area contributed by atoms with Crippen LogP contribution in [0.2, 0.25) is 0 Å². The molecule has 23 heavy (non-hydrogen) atoms. The lowest BCUT2D eigenvalue weighted by atomic mass is 10.2. The molecule has 0 saturated carbocycles. The molecular weight excluding hydrogens is 330 g/mol. The summed E-state index contributed by atoms with van der Waals surface area (Å²) in [5, 5.41) is 10.5. The van der Waals surface area contributed by atoms with E-state index in [-0.39, 0.29) is 0 Å². The van der Waals surface area contributed by atoms with E-state index < -0.39 is 0 Å². The molecule has 6 nitrogen and oxygen atoms in total. The molecule has 0 saturated heterocycles. The average Bonchev–Trinajstić information content (AvgIpc) is 3.14. The van der Waals surface area contributed by atoms with Crippen molar-refractivity contribution in [3.63, 3.8) is 0 Å². The third-order valence-electron chi connectivity index (χ3n) is 3.43. The van der Waals surface area contributed by atoms with Gasteiger partial charge in [-0.3, -0.25) is 4.98 Å². The highest BCUT2D eigenvalue weighted by Crippen LogP contribution is 2.37. The van der Waals surface area contributed by atoms with E-state index in [1.54, 1.807) is 30.1 Å². The van der Waals surface area contributed by atoms with Crippen LogP contribution in [0.15, 0.2) is 45.5 Å². The number of aryl methyl sites for hydroxylation is 2. The Balaban J connectivity index is 1.71. The molecule has 0 fully saturated rings. The van der Waals surface area contributed by atoms with E-state index in [1.165, 1.54) is 22.2 Å². The van der Waals surface area contributed by atoms with Crippen LogP contribution in [0, 0.1) is 13.8 Å². The maximum atomic E-state index is 5.71. The van der Waals surface area contributed by atoms with E-state index in [0.29, 0.717) is 11.1 Å². The van der Waals surface area contributed by atoms with Crippen LogP contribution < -0.4 is 0 Å². The van der Waals surface area contributed by atoms with Crippen LogP contribution in [0.1, 0.15) is 10.4 Å². The molecule has 0 aliphatic carbocycles. The van der Waals surface area contributed by atoms with Gasteiger partial charge in [0.05, 0.1) is 5.56 Å². The molecule has 0 aliphatic rings. The zero-order valence-corrected chi connectivity index (χ0v) is 14.0. The van der Waals surface area contributed by atoms with Gasteiger partial charge in [-0.2, -0.15) is 0 Å². The van der Waals surface area contributed by atoms with Crippen molar-refractivity contribution >= 4 is 33.3 Å². The second-order valence-electron chi connectivity index (χ2n) is 4.86. The van der Waals surface area contributed by atoms with Gasteiger partial charge in [-0.25, -0.2) is 9.97 Å². The van der Waals surface area contributed by atoms with Crippen LogP contribution >= 0.6 is 23.1 Å². The monoisotopic (exact) mass is 341 g/mol. The number of nitrogens with zero attached hydrogens (tertiary/aromatic N) is 5. The lowest BCUT2D eigenvalue weighted by molar-refractivity contribution is 0.465. The SMILES string of the molecule is Cc1sc2ncnc(Sc3nnc(-c4cccnc4)o3)c2c1C. The largest absolute Gasteiger partial charge is 0.411 e. The molecule has 0 N–H and O–H groups in total. The Morgan fingerprint density at radius 1 is 1.17 bits per heavy atom. The minimum Gasteiger partial charge on any atom is -0.411 e. The van der Waals surface area contributed by atoms with Crippen LogP contribution in [0.4, 0.5) is 0 Å². The molecule has 0 bridgehead atoms. The standard InChI is InChI=1S/C15H11N5OS2/c1-8-9(2)22-13-11(8)14(18-7-17-13)23-15-20-19-12(21-15)10-4-3-5-16-6-10/h3-7H,1-2H3. The van der Waals surface area contributed by atoms with E-state index in [0.717, 1.165) is 20.8 Å². The van der Waals surface area contributed by atoms with Crippen molar-refractivity contribution in [2.75, 3.05) is 0 Å². The molecule has 0 amide bonds. The predicted octanol–water partition coefficient (Wildman–Crippen LogP) is 3.90. The van der Waals surface area contributed by atoms with Gasteiger partial charge < -0.3 is 4.42 Å². The first kappa shape index (κ1) is 14.3. The Hall–Kier alpha value is -2.32. The molecule has 0 radical (unpaired) electrons. The average molecular weight is 341 g/mol. The summed E-state index contributed by atoms with van der Waals surface area (Å²) in [7, 11) is 0. The van der Waals surface area contributed by atoms with Gasteiger partial charge in [0.25, 0.3) is 5.22 Å². The summed E-state index contributed by atoms with van der Waals surface area (Å²) in [5.74, 6) is 0.448. The molecule has 0 aromatic carbocycles. The second-order valence-corrected chi connectivity index (χ2v) is 7.00. The molecule has 4 aromatic rings. The van der Waals surface area contributed by atoms with E-state index in [2.05, 4.69) is 39.0 Å². The predicted molar refractivity (Wildman–Crippen MR) is 88.5 cm³/mol. The summed E-state index contributed by atoms with van der Waals surface area (Å²) in [6.07, 6.45) is 4.96. The van der Waals surface area contributed by atoms with Crippen molar-refractivity contribution in [1.29, 1.82) is 0 Å². The van der Waals surface area contributed by atoms with Gasteiger partial charge in [0.15, 0.2) is 0 Å². The molecule has 0 spiro atoms. The van der Waals surface area contributed by atoms with Gasteiger partial charge in [0.2, 0.25) is 5.89 Å². The number of pyridine rings is 1. The van der Waals surface area contributed by atoms with Crippen molar-refractivity contribution < 1.29 is 4.42 Å². The van der Waals surface area contributed by atoms with Gasteiger partial charge in [-0.05, 0) is 43.3 Å². The fourth-order valence-electron chi connectivity index (χ4n) is 2.17. The first-order chi connectivity index (χ1) is 11.2. The van der Waals surface area contributed by atoms with Crippen molar-refractivity contribution in [2.45, 2.75) is 24.1 Å². The van der Waals surface area contributed by atoms with Crippen molar-refractivity contribution in [1.82, 2.24) is 25.1 Å². The van der Waals surface area contributed by atoms with Gasteiger partial charge in [-0.15, -0.1) is 21.5 Å². The molecule has 4 rings (SSSR count). The Morgan fingerprint density at radius 3 is 2.91 bits per heavy atom. The Kier molecular flexibility index (Phi) is 3.55. The number of aromatic nitrogens is 5. The fraction of sp³-hybridized carbons (Fsp3) is 0.133. The van der Waals surface area contributed by atoms with E-state index in [4.69, 9.17) is 4.42 Å². The van der Waals surface area contributed by atoms with Gasteiger partial charge in [0.1, 0.15) is 16.2 Å². The smallest absolute Gasteiger partial charge is 0.283 e. The molecule has 4 aromatic heterocycles. The summed E-state index contributed by atoms with van der Waals surface area (Å²) in [6.45, 7) is 4.17. The first-order valence-corrected chi connectivity index (χ1v) is 8.48. The minimum atomic E-state index is 0.448. The first-order valence-electron chi connectivity index (χ1n) is 6.85. The van der Waals surface area contributed by atoms with Crippen LogP contribution in [0.5, 0.6) is 0 Å². The lowest BCUT2D eigenvalue weighted by Gasteiger charge is -1.99. The van der Waals surface area contributed by atoms with Gasteiger partial charge in [-0.1, -0.05) is 0 Å². The Bertz CT molecular complexity index is 980. The zero-order chi connectivity index (χ0) is 15.8. The number of hydrogen-bond donors (Lipinski definition) is 0. The lowest BCUT2D eigenvalue weighted by Crippen LogP contribution is -1.85. The number of hydrogen-bond acceptors (Lipinski definition) is 8. The number of thiophene rings is 1. The second kappa shape index (κ2) is 5.71. The third-order valence-corrected chi connectivity index (χ3v) is 5.39. The highest BCUT2D eigenvalue weighted by molar-refractivity contribution is 7.99. The minimum absolute atomic E-state index is 0.448. The summed E-state index contributed by atoms with van der Waals surface area (Å²) < 4.78 is 5.71. The van der Waals surface area contributed by atoms with Crippen LogP contribution in [-0.2, 0) is 0 Å². The summed E-state index contributed by atoms with van der Waals surface area (Å²) in [6, 6.07) is 3.71. The van der Waals surface area contributed by atoms with Crippen molar-refractivity contribution in [3.05, 3.63) is 41.3 Å². The van der Waals surface area contributed by atoms with E-state index >= 15 is 0 Å². The highest BCUT2D eigenvalue weighted by Gasteiger charge is 2.16. The highest BCUT2D eigenvalue weighted by atomic mass is 32.2. The fourth-order valence-corrected chi connectivity index (χ4v) is 4.05. The maximum Gasteiger partial charge on any atom is 0.283 e. The molecule has 114 valence electrons. The number of fused-ring (bicyclic) bond motifs is 1. The van der Waals surface area contributed by atoms with Crippen LogP contribution in [-0.4, -0.2) is 25.1 Å². The number of rotatable bonds is 3.